The van der Waals surface area contributed by atoms with Crippen molar-refractivity contribution in [3.8, 4) is 0 Å². The van der Waals surface area contributed by atoms with Crippen molar-refractivity contribution >= 4 is 23.4 Å². The molecular weight excluding hydrogens is 316 g/mol. The molecule has 0 saturated heterocycles. The molecule has 0 spiro atoms. The number of hydrogen-bond donors (Lipinski definition) is 0. The zero-order valence-corrected chi connectivity index (χ0v) is 13.7. The molecule has 1 aromatic carbocycles. The molecule has 3 heterocycles. The van der Waals surface area contributed by atoms with Gasteiger partial charge in [-0.3, -0.25) is 9.48 Å². The topological polar surface area (TPSA) is 63.6 Å². The lowest BCUT2D eigenvalue weighted by Gasteiger charge is -2.10. The second-order valence-corrected chi connectivity index (χ2v) is 5.57. The van der Waals surface area contributed by atoms with Crippen LogP contribution in [0.5, 0.6) is 0 Å². The first-order valence-corrected chi connectivity index (χ1v) is 8.03. The van der Waals surface area contributed by atoms with E-state index in [4.69, 9.17) is 4.42 Å². The molecule has 124 valence electrons. The molecule has 6 nitrogen and oxygen atoms in total. The number of carbonyl (C=O) groups excluding carboxylic acids is 1. The summed E-state index contributed by atoms with van der Waals surface area (Å²) in [6.07, 6.45) is 6.99. The monoisotopic (exact) mass is 332 g/mol. The Morgan fingerprint density at radius 1 is 1.16 bits per heavy atom. The van der Waals surface area contributed by atoms with Crippen molar-refractivity contribution in [2.45, 2.75) is 13.5 Å². The Morgan fingerprint density at radius 2 is 2.00 bits per heavy atom. The van der Waals surface area contributed by atoms with Crippen LogP contribution in [0.3, 0.4) is 0 Å². The zero-order valence-electron chi connectivity index (χ0n) is 13.7. The summed E-state index contributed by atoms with van der Waals surface area (Å²) in [5, 5.41) is 10.1. The second-order valence-electron chi connectivity index (χ2n) is 5.57. The van der Waals surface area contributed by atoms with E-state index in [-0.39, 0.29) is 5.91 Å². The predicted octanol–water partition coefficient (Wildman–Crippen LogP) is 3.33. The molecule has 0 fully saturated rings. The number of amides is 1. The molecule has 0 aliphatic carbocycles. The number of rotatable bonds is 4. The van der Waals surface area contributed by atoms with Gasteiger partial charge in [0.1, 0.15) is 5.71 Å². The largest absolute Gasteiger partial charge is 0.463 e. The van der Waals surface area contributed by atoms with Crippen LogP contribution in [-0.4, -0.2) is 21.4 Å². The number of furan rings is 1. The molecule has 1 aliphatic rings. The van der Waals surface area contributed by atoms with Gasteiger partial charge in [0.05, 0.1) is 23.7 Å². The van der Waals surface area contributed by atoms with Gasteiger partial charge in [-0.2, -0.15) is 15.2 Å². The van der Waals surface area contributed by atoms with E-state index in [1.165, 1.54) is 5.01 Å². The Kier molecular flexibility index (Phi) is 3.78. The van der Waals surface area contributed by atoms with E-state index in [1.54, 1.807) is 30.7 Å². The van der Waals surface area contributed by atoms with Crippen LogP contribution >= 0.6 is 0 Å². The molecule has 0 unspecified atom stereocenters. The fourth-order valence-electron chi connectivity index (χ4n) is 2.68. The number of hydrogen-bond acceptors (Lipinski definition) is 4. The summed E-state index contributed by atoms with van der Waals surface area (Å²) in [6.45, 7) is 2.78. The van der Waals surface area contributed by atoms with Crippen molar-refractivity contribution in [1.29, 1.82) is 0 Å². The van der Waals surface area contributed by atoms with Crippen molar-refractivity contribution in [1.82, 2.24) is 9.78 Å². The fourth-order valence-corrected chi connectivity index (χ4v) is 2.68. The van der Waals surface area contributed by atoms with Crippen molar-refractivity contribution in [3.63, 3.8) is 0 Å². The number of hydrazone groups is 1. The first-order valence-electron chi connectivity index (χ1n) is 8.03. The van der Waals surface area contributed by atoms with Crippen LogP contribution in [0.1, 0.15) is 18.2 Å². The van der Waals surface area contributed by atoms with Gasteiger partial charge in [0.2, 0.25) is 0 Å². The Morgan fingerprint density at radius 3 is 2.68 bits per heavy atom. The van der Waals surface area contributed by atoms with Gasteiger partial charge in [-0.1, -0.05) is 18.2 Å². The molecule has 0 atom stereocenters. The molecule has 2 aromatic heterocycles. The molecule has 0 radical (unpaired) electrons. The van der Waals surface area contributed by atoms with E-state index >= 15 is 0 Å². The summed E-state index contributed by atoms with van der Waals surface area (Å²) >= 11 is 0. The van der Waals surface area contributed by atoms with Crippen LogP contribution in [0.2, 0.25) is 0 Å². The minimum absolute atomic E-state index is 0.193. The highest BCUT2D eigenvalue weighted by atomic mass is 16.3. The number of carbonyl (C=O) groups is 1. The molecule has 1 aliphatic heterocycles. The van der Waals surface area contributed by atoms with Gasteiger partial charge in [0, 0.05) is 18.3 Å². The summed E-state index contributed by atoms with van der Waals surface area (Å²) in [7, 11) is 0. The Bertz CT molecular complexity index is 952. The molecule has 1 amide bonds. The molecule has 25 heavy (non-hydrogen) atoms. The smallest absolute Gasteiger partial charge is 0.281 e. The lowest BCUT2D eigenvalue weighted by atomic mass is 10.1. The minimum Gasteiger partial charge on any atom is -0.463 e. The summed E-state index contributed by atoms with van der Waals surface area (Å²) in [6, 6.07) is 12.9. The van der Waals surface area contributed by atoms with E-state index in [1.807, 2.05) is 48.1 Å². The van der Waals surface area contributed by atoms with E-state index in [0.717, 1.165) is 12.1 Å². The number of aromatic nitrogens is 2. The molecule has 0 saturated carbocycles. The highest BCUT2D eigenvalue weighted by Crippen LogP contribution is 2.27. The molecular formula is C19H16N4O2. The molecule has 4 rings (SSSR count). The zero-order chi connectivity index (χ0) is 17.2. The minimum atomic E-state index is -0.193. The van der Waals surface area contributed by atoms with Crippen molar-refractivity contribution in [2.24, 2.45) is 5.10 Å². The summed E-state index contributed by atoms with van der Waals surface area (Å²) in [5.41, 5.74) is 2.56. The van der Waals surface area contributed by atoms with Gasteiger partial charge in [-0.05, 0) is 37.3 Å². The highest BCUT2D eigenvalue weighted by Gasteiger charge is 2.33. The lowest BCUT2D eigenvalue weighted by Crippen LogP contribution is -2.21. The highest BCUT2D eigenvalue weighted by molar-refractivity contribution is 6.36. The average molecular weight is 332 g/mol. The maximum absolute atomic E-state index is 13.0. The van der Waals surface area contributed by atoms with Crippen LogP contribution in [0.4, 0.5) is 5.69 Å². The molecule has 0 bridgehead atoms. The van der Waals surface area contributed by atoms with Gasteiger partial charge in [0.25, 0.3) is 5.91 Å². The van der Waals surface area contributed by atoms with Crippen molar-refractivity contribution in [2.75, 3.05) is 5.01 Å². The van der Waals surface area contributed by atoms with Gasteiger partial charge in [0.15, 0.2) is 5.76 Å². The average Bonchev–Trinajstić information content (AvgIpc) is 3.38. The lowest BCUT2D eigenvalue weighted by molar-refractivity contribution is -0.114. The standard InChI is InChI=1S/C19H16N4O2/c1-2-22-13-14(12-20-22)11-16-18(17-9-6-10-25-17)21-23(19(16)24)15-7-4-3-5-8-15/h3-13H,2H2,1H3/b16-11+. The summed E-state index contributed by atoms with van der Waals surface area (Å²) in [4.78, 5) is 13.0. The SMILES string of the molecule is CCn1cc(/C=C2/C(=O)N(c3ccccc3)N=C2c2ccco2)cn1. The molecule has 6 heteroatoms. The van der Waals surface area contributed by atoms with E-state index in [0.29, 0.717) is 22.7 Å². The first kappa shape index (κ1) is 15.1. The number of para-hydroxylation sites is 1. The van der Waals surface area contributed by atoms with E-state index in [9.17, 15) is 4.79 Å². The van der Waals surface area contributed by atoms with Gasteiger partial charge in [-0.25, -0.2) is 0 Å². The third-order valence-electron chi connectivity index (χ3n) is 3.92. The number of anilines is 1. The fraction of sp³-hybridized carbons (Fsp3) is 0.105. The van der Waals surface area contributed by atoms with Gasteiger partial charge in [-0.15, -0.1) is 0 Å². The van der Waals surface area contributed by atoms with Crippen molar-refractivity contribution in [3.05, 3.63) is 78.0 Å². The normalized spacial score (nSPS) is 15.9. The van der Waals surface area contributed by atoms with E-state index in [2.05, 4.69) is 10.2 Å². The molecule has 3 aromatic rings. The maximum Gasteiger partial charge on any atom is 0.281 e. The van der Waals surface area contributed by atoms with Crippen LogP contribution in [0.25, 0.3) is 6.08 Å². The van der Waals surface area contributed by atoms with E-state index < -0.39 is 0 Å². The number of aryl methyl sites for hydroxylation is 1. The van der Waals surface area contributed by atoms with Gasteiger partial charge >= 0.3 is 0 Å². The van der Waals surface area contributed by atoms with Crippen LogP contribution in [0.15, 0.2) is 76.2 Å². The van der Waals surface area contributed by atoms with Crippen molar-refractivity contribution < 1.29 is 9.21 Å². The second kappa shape index (κ2) is 6.24. The maximum atomic E-state index is 13.0. The van der Waals surface area contributed by atoms with Crippen LogP contribution < -0.4 is 5.01 Å². The summed E-state index contributed by atoms with van der Waals surface area (Å²) in [5.74, 6) is 0.364. The first-order chi connectivity index (χ1) is 12.3. The van der Waals surface area contributed by atoms with Crippen LogP contribution in [0, 0.1) is 0 Å². The Hall–Kier alpha value is -3.41. The van der Waals surface area contributed by atoms with Gasteiger partial charge < -0.3 is 4.42 Å². The quantitative estimate of drug-likeness (QED) is 0.688. The third-order valence-corrected chi connectivity index (χ3v) is 3.92. The number of benzene rings is 1. The predicted molar refractivity (Wildman–Crippen MR) is 95.1 cm³/mol. The summed E-state index contributed by atoms with van der Waals surface area (Å²) < 4.78 is 7.28. The van der Waals surface area contributed by atoms with Crippen LogP contribution in [-0.2, 0) is 11.3 Å². The Balaban J connectivity index is 1.79. The Labute approximate surface area is 144 Å². The number of nitrogens with zero attached hydrogens (tertiary/aromatic N) is 4. The third kappa shape index (κ3) is 2.78. The molecule has 0 N–H and O–H groups in total.